The molecule has 150 valence electrons. The van der Waals surface area contributed by atoms with Gasteiger partial charge in [0.05, 0.1) is 5.75 Å². The number of nitrogens with one attached hydrogen (secondary N) is 1. The van der Waals surface area contributed by atoms with E-state index in [2.05, 4.69) is 21.2 Å². The van der Waals surface area contributed by atoms with E-state index in [1.807, 2.05) is 61.5 Å². The number of carbonyl (C=O) groups excluding carboxylic acids is 2. The molecule has 1 atom stereocenters. The zero-order valence-corrected chi connectivity index (χ0v) is 18.8. The Labute approximate surface area is 180 Å². The molecule has 2 amide bonds. The largest absolute Gasteiger partial charge is 0.355 e. The molecular formula is C22H27BrN2O2S. The van der Waals surface area contributed by atoms with Gasteiger partial charge in [0.1, 0.15) is 6.04 Å². The van der Waals surface area contributed by atoms with Crippen LogP contribution in [0.3, 0.4) is 0 Å². The van der Waals surface area contributed by atoms with Crippen molar-refractivity contribution >= 4 is 39.5 Å². The average molecular weight is 463 g/mol. The second-order valence-corrected chi connectivity index (χ2v) is 8.41. The van der Waals surface area contributed by atoms with Gasteiger partial charge in [-0.3, -0.25) is 9.59 Å². The van der Waals surface area contributed by atoms with Crippen molar-refractivity contribution in [3.8, 4) is 0 Å². The molecule has 2 aromatic rings. The van der Waals surface area contributed by atoms with Crippen LogP contribution in [0.1, 0.15) is 25.0 Å². The molecule has 0 aliphatic heterocycles. The van der Waals surface area contributed by atoms with Gasteiger partial charge in [-0.15, -0.1) is 11.8 Å². The van der Waals surface area contributed by atoms with Crippen LogP contribution in [-0.2, 0) is 21.8 Å². The van der Waals surface area contributed by atoms with Crippen molar-refractivity contribution in [2.45, 2.75) is 32.1 Å². The lowest BCUT2D eigenvalue weighted by Gasteiger charge is -2.28. The topological polar surface area (TPSA) is 49.4 Å². The third kappa shape index (κ3) is 7.32. The number of thioether (sulfide) groups is 1. The van der Waals surface area contributed by atoms with Crippen LogP contribution in [-0.4, -0.2) is 41.6 Å². The Morgan fingerprint density at radius 3 is 2.39 bits per heavy atom. The molecule has 0 spiro atoms. The van der Waals surface area contributed by atoms with Crippen LogP contribution in [0.4, 0.5) is 0 Å². The van der Waals surface area contributed by atoms with E-state index in [1.54, 1.807) is 23.6 Å². The minimum atomic E-state index is -0.482. The normalized spacial score (nSPS) is 11.7. The van der Waals surface area contributed by atoms with Crippen LogP contribution >= 0.6 is 27.7 Å². The summed E-state index contributed by atoms with van der Waals surface area (Å²) in [4.78, 5) is 26.9. The van der Waals surface area contributed by atoms with Gasteiger partial charge in [-0.1, -0.05) is 58.4 Å². The minimum Gasteiger partial charge on any atom is -0.355 e. The number of hydrogen-bond donors (Lipinski definition) is 1. The molecule has 0 saturated carbocycles. The van der Waals surface area contributed by atoms with E-state index in [4.69, 9.17) is 0 Å². The van der Waals surface area contributed by atoms with Crippen molar-refractivity contribution < 1.29 is 9.59 Å². The molecule has 2 rings (SSSR count). The molecular weight excluding hydrogens is 436 g/mol. The second-order valence-electron chi connectivity index (χ2n) is 6.51. The molecule has 0 aromatic heterocycles. The Hall–Kier alpha value is -1.79. The van der Waals surface area contributed by atoms with Crippen molar-refractivity contribution in [1.82, 2.24) is 10.2 Å². The third-order valence-electron chi connectivity index (χ3n) is 4.41. The summed E-state index contributed by atoms with van der Waals surface area (Å²) in [6.45, 7) is 4.77. The molecule has 0 heterocycles. The lowest BCUT2D eigenvalue weighted by atomic mass is 10.1. The van der Waals surface area contributed by atoms with Crippen molar-refractivity contribution in [3.63, 3.8) is 0 Å². The van der Waals surface area contributed by atoms with Crippen molar-refractivity contribution in [2.75, 3.05) is 18.8 Å². The SMILES string of the molecule is CCNC(=O)[C@@H](C)N(CCc1ccccc1)C(=O)CSCc1ccc(Br)cc1. The number of amides is 2. The number of carbonyl (C=O) groups is 2. The number of rotatable bonds is 10. The van der Waals surface area contributed by atoms with Gasteiger partial charge in [-0.05, 0) is 43.5 Å². The van der Waals surface area contributed by atoms with Crippen LogP contribution in [0.5, 0.6) is 0 Å². The molecule has 6 heteroatoms. The highest BCUT2D eigenvalue weighted by Gasteiger charge is 2.25. The molecule has 0 bridgehead atoms. The van der Waals surface area contributed by atoms with Crippen molar-refractivity contribution in [3.05, 3.63) is 70.2 Å². The van der Waals surface area contributed by atoms with Gasteiger partial charge in [-0.25, -0.2) is 0 Å². The molecule has 2 aromatic carbocycles. The van der Waals surface area contributed by atoms with E-state index in [0.717, 1.165) is 22.2 Å². The maximum Gasteiger partial charge on any atom is 0.242 e. The maximum absolute atomic E-state index is 12.9. The Morgan fingerprint density at radius 2 is 1.75 bits per heavy atom. The summed E-state index contributed by atoms with van der Waals surface area (Å²) in [7, 11) is 0. The van der Waals surface area contributed by atoms with Gasteiger partial charge in [-0.2, -0.15) is 0 Å². The smallest absolute Gasteiger partial charge is 0.242 e. The van der Waals surface area contributed by atoms with Gasteiger partial charge in [0, 0.05) is 23.3 Å². The number of benzene rings is 2. The van der Waals surface area contributed by atoms with E-state index in [1.165, 1.54) is 5.56 Å². The minimum absolute atomic E-state index is 0.00297. The van der Waals surface area contributed by atoms with E-state index >= 15 is 0 Å². The number of hydrogen-bond acceptors (Lipinski definition) is 3. The standard InChI is InChI=1S/C22H27BrN2O2S/c1-3-24-22(27)17(2)25(14-13-18-7-5-4-6-8-18)21(26)16-28-15-19-9-11-20(23)12-10-19/h4-12,17H,3,13-16H2,1-2H3,(H,24,27)/t17-/m1/s1. The summed E-state index contributed by atoms with van der Waals surface area (Å²) in [6.07, 6.45) is 0.730. The lowest BCUT2D eigenvalue weighted by Crippen LogP contribution is -2.49. The lowest BCUT2D eigenvalue weighted by molar-refractivity contribution is -0.137. The number of likely N-dealkylation sites (N-methyl/N-ethyl adjacent to an activating group) is 1. The predicted octanol–water partition coefficient (Wildman–Crippen LogP) is 4.28. The predicted molar refractivity (Wildman–Crippen MR) is 120 cm³/mol. The highest BCUT2D eigenvalue weighted by Crippen LogP contribution is 2.17. The molecule has 0 radical (unpaired) electrons. The molecule has 0 aliphatic rings. The average Bonchev–Trinajstić information content (AvgIpc) is 2.70. The monoisotopic (exact) mass is 462 g/mol. The van der Waals surface area contributed by atoms with Crippen LogP contribution in [0.25, 0.3) is 0 Å². The zero-order valence-electron chi connectivity index (χ0n) is 16.4. The van der Waals surface area contributed by atoms with Gasteiger partial charge in [0.2, 0.25) is 11.8 Å². The van der Waals surface area contributed by atoms with Crippen molar-refractivity contribution in [2.24, 2.45) is 0 Å². The summed E-state index contributed by atoms with van der Waals surface area (Å²) in [5, 5.41) is 2.82. The van der Waals surface area contributed by atoms with Crippen LogP contribution in [0.2, 0.25) is 0 Å². The second kappa shape index (κ2) is 11.9. The van der Waals surface area contributed by atoms with Crippen LogP contribution in [0, 0.1) is 0 Å². The van der Waals surface area contributed by atoms with Crippen LogP contribution in [0.15, 0.2) is 59.1 Å². The van der Waals surface area contributed by atoms with E-state index in [9.17, 15) is 9.59 Å². The maximum atomic E-state index is 12.9. The summed E-state index contributed by atoms with van der Waals surface area (Å²) in [5.41, 5.74) is 2.33. The molecule has 0 aliphatic carbocycles. The Morgan fingerprint density at radius 1 is 1.07 bits per heavy atom. The van der Waals surface area contributed by atoms with Gasteiger partial charge >= 0.3 is 0 Å². The van der Waals surface area contributed by atoms with Crippen LogP contribution < -0.4 is 5.32 Å². The van der Waals surface area contributed by atoms with E-state index in [-0.39, 0.29) is 11.8 Å². The quantitative estimate of drug-likeness (QED) is 0.573. The van der Waals surface area contributed by atoms with Gasteiger partial charge in [0.25, 0.3) is 0 Å². The first-order valence-corrected chi connectivity index (χ1v) is 11.4. The fourth-order valence-corrected chi connectivity index (χ4v) is 3.95. The fraction of sp³-hybridized carbons (Fsp3) is 0.364. The summed E-state index contributed by atoms with van der Waals surface area (Å²) in [5.74, 6) is 1.01. The summed E-state index contributed by atoms with van der Waals surface area (Å²) >= 11 is 5.00. The first-order chi connectivity index (χ1) is 13.5. The summed E-state index contributed by atoms with van der Waals surface area (Å²) < 4.78 is 1.04. The summed E-state index contributed by atoms with van der Waals surface area (Å²) in [6, 6.07) is 17.7. The molecule has 4 nitrogen and oxygen atoms in total. The first kappa shape index (κ1) is 22.5. The Bertz CT molecular complexity index is 753. The molecule has 28 heavy (non-hydrogen) atoms. The fourth-order valence-electron chi connectivity index (χ4n) is 2.81. The number of halogens is 1. The Kier molecular flexibility index (Phi) is 9.58. The molecule has 0 unspecified atom stereocenters. The van der Waals surface area contributed by atoms with Gasteiger partial charge < -0.3 is 10.2 Å². The molecule has 0 fully saturated rings. The van der Waals surface area contributed by atoms with E-state index in [0.29, 0.717) is 18.8 Å². The highest BCUT2D eigenvalue weighted by atomic mass is 79.9. The number of nitrogens with zero attached hydrogens (tertiary/aromatic N) is 1. The van der Waals surface area contributed by atoms with Crippen molar-refractivity contribution in [1.29, 1.82) is 0 Å². The van der Waals surface area contributed by atoms with Gasteiger partial charge in [0.15, 0.2) is 0 Å². The molecule has 1 N–H and O–H groups in total. The first-order valence-electron chi connectivity index (χ1n) is 9.44. The third-order valence-corrected chi connectivity index (χ3v) is 5.93. The zero-order chi connectivity index (χ0) is 20.4. The highest BCUT2D eigenvalue weighted by molar-refractivity contribution is 9.10. The Balaban J connectivity index is 1.96. The van der Waals surface area contributed by atoms with E-state index < -0.39 is 6.04 Å². The molecule has 0 saturated heterocycles.